The lowest BCUT2D eigenvalue weighted by molar-refractivity contribution is -0.134. The van der Waals surface area contributed by atoms with Crippen LogP contribution in [-0.4, -0.2) is 54.8 Å². The summed E-state index contributed by atoms with van der Waals surface area (Å²) in [6.45, 7) is 3.96. The molecular formula is C15H23ClN2O3. The predicted molar refractivity (Wildman–Crippen MR) is 83.7 cm³/mol. The second-order valence-electron chi connectivity index (χ2n) is 5.62. The first kappa shape index (κ1) is 17.8. The van der Waals surface area contributed by atoms with Gasteiger partial charge < -0.3 is 20.1 Å². The van der Waals surface area contributed by atoms with Gasteiger partial charge in [-0.15, -0.1) is 0 Å². The van der Waals surface area contributed by atoms with Crippen LogP contribution in [-0.2, 0) is 4.79 Å². The van der Waals surface area contributed by atoms with Gasteiger partial charge in [0, 0.05) is 25.7 Å². The van der Waals surface area contributed by atoms with Crippen molar-refractivity contribution >= 4 is 17.5 Å². The molecule has 1 aromatic rings. The second-order valence-corrected chi connectivity index (χ2v) is 6.06. The Morgan fingerprint density at radius 1 is 1.38 bits per heavy atom. The molecule has 5 nitrogen and oxygen atoms in total. The summed E-state index contributed by atoms with van der Waals surface area (Å²) in [6.07, 6.45) is -0.713. The number of β-amino-alcohol motifs (C(OH)–C–C–N with tert-alkyl or cyclic N) is 1. The van der Waals surface area contributed by atoms with Crippen molar-refractivity contribution in [2.75, 3.05) is 27.2 Å². The maximum absolute atomic E-state index is 11.9. The number of aliphatic hydroxyl groups is 1. The number of rotatable bonds is 7. The van der Waals surface area contributed by atoms with Crippen molar-refractivity contribution in [3.05, 3.63) is 29.3 Å². The van der Waals surface area contributed by atoms with Crippen molar-refractivity contribution in [3.63, 3.8) is 0 Å². The van der Waals surface area contributed by atoms with E-state index in [1.54, 1.807) is 52.2 Å². The molecule has 21 heavy (non-hydrogen) atoms. The highest BCUT2D eigenvalue weighted by Gasteiger charge is 2.29. The molecule has 0 aromatic heterocycles. The van der Waals surface area contributed by atoms with Crippen LogP contribution in [0.15, 0.2) is 24.3 Å². The molecule has 0 heterocycles. The first-order valence-electron chi connectivity index (χ1n) is 6.75. The zero-order chi connectivity index (χ0) is 16.0. The zero-order valence-corrected chi connectivity index (χ0v) is 13.6. The van der Waals surface area contributed by atoms with Gasteiger partial charge in [-0.25, -0.2) is 0 Å². The van der Waals surface area contributed by atoms with E-state index in [2.05, 4.69) is 5.32 Å². The largest absolute Gasteiger partial charge is 0.491 e. The van der Waals surface area contributed by atoms with Gasteiger partial charge in [0.05, 0.1) is 5.54 Å². The van der Waals surface area contributed by atoms with E-state index >= 15 is 0 Å². The minimum absolute atomic E-state index is 0.0479. The van der Waals surface area contributed by atoms with Crippen LogP contribution in [0.1, 0.15) is 13.8 Å². The van der Waals surface area contributed by atoms with Gasteiger partial charge in [0.25, 0.3) is 0 Å². The molecule has 0 aliphatic heterocycles. The highest BCUT2D eigenvalue weighted by molar-refractivity contribution is 6.30. The monoisotopic (exact) mass is 314 g/mol. The number of carbonyl (C=O) groups excluding carboxylic acids is 1. The fourth-order valence-corrected chi connectivity index (χ4v) is 1.92. The number of aliphatic hydroxyl groups excluding tert-OH is 1. The van der Waals surface area contributed by atoms with Crippen molar-refractivity contribution in [3.8, 4) is 5.75 Å². The average molecular weight is 315 g/mol. The first-order chi connectivity index (χ1) is 9.72. The topological polar surface area (TPSA) is 61.8 Å². The third-order valence-corrected chi connectivity index (χ3v) is 3.23. The summed E-state index contributed by atoms with van der Waals surface area (Å²) in [7, 11) is 3.40. The van der Waals surface area contributed by atoms with Gasteiger partial charge in [-0.05, 0) is 38.1 Å². The van der Waals surface area contributed by atoms with Crippen molar-refractivity contribution in [1.29, 1.82) is 0 Å². The van der Waals surface area contributed by atoms with E-state index < -0.39 is 11.6 Å². The minimum Gasteiger partial charge on any atom is -0.491 e. The van der Waals surface area contributed by atoms with Crippen LogP contribution in [0.25, 0.3) is 0 Å². The number of amides is 1. The standard InChI is InChI=1S/C15H23ClN2O3/c1-15(2,14(20)18(3)4)17-9-12(19)10-21-13-7-5-11(16)6-8-13/h5-8,12,17,19H,9-10H2,1-4H3. The number of hydrogen-bond acceptors (Lipinski definition) is 4. The third kappa shape index (κ3) is 5.91. The van der Waals surface area contributed by atoms with Gasteiger partial charge in [-0.1, -0.05) is 11.6 Å². The minimum atomic E-state index is -0.731. The second kappa shape index (κ2) is 7.64. The van der Waals surface area contributed by atoms with Crippen LogP contribution < -0.4 is 10.1 Å². The summed E-state index contributed by atoms with van der Waals surface area (Å²) >= 11 is 5.78. The highest BCUT2D eigenvalue weighted by Crippen LogP contribution is 2.15. The lowest BCUT2D eigenvalue weighted by atomic mass is 10.0. The Labute approximate surface area is 130 Å². The molecule has 1 unspecified atom stereocenters. The predicted octanol–water partition coefficient (Wildman–Crippen LogP) is 1.54. The molecule has 0 spiro atoms. The van der Waals surface area contributed by atoms with Crippen LogP contribution in [0.5, 0.6) is 5.75 Å². The normalized spacial score (nSPS) is 12.9. The summed E-state index contributed by atoms with van der Waals surface area (Å²) in [6, 6.07) is 6.92. The molecule has 0 aliphatic carbocycles. The van der Waals surface area contributed by atoms with Crippen LogP contribution in [0, 0.1) is 0 Å². The summed E-state index contributed by atoms with van der Waals surface area (Å²) < 4.78 is 5.45. The molecule has 1 aromatic carbocycles. The third-order valence-electron chi connectivity index (χ3n) is 2.98. The molecule has 0 aliphatic rings. The van der Waals surface area contributed by atoms with Gasteiger partial charge >= 0.3 is 0 Å². The first-order valence-corrected chi connectivity index (χ1v) is 7.13. The van der Waals surface area contributed by atoms with Crippen molar-refractivity contribution in [2.45, 2.75) is 25.5 Å². The number of likely N-dealkylation sites (N-methyl/N-ethyl adjacent to an activating group) is 1. The molecule has 1 amide bonds. The number of ether oxygens (including phenoxy) is 1. The zero-order valence-electron chi connectivity index (χ0n) is 12.9. The van der Waals surface area contributed by atoms with Crippen LogP contribution in [0.2, 0.25) is 5.02 Å². The molecule has 0 saturated heterocycles. The maximum Gasteiger partial charge on any atom is 0.241 e. The molecule has 118 valence electrons. The summed E-state index contributed by atoms with van der Waals surface area (Å²) in [5.74, 6) is 0.593. The summed E-state index contributed by atoms with van der Waals surface area (Å²) in [4.78, 5) is 13.4. The van der Waals surface area contributed by atoms with E-state index in [4.69, 9.17) is 16.3 Å². The number of nitrogens with one attached hydrogen (secondary N) is 1. The molecule has 6 heteroatoms. The molecule has 0 bridgehead atoms. The fourth-order valence-electron chi connectivity index (χ4n) is 1.79. The van der Waals surface area contributed by atoms with Crippen LogP contribution in [0.3, 0.4) is 0 Å². The number of halogens is 1. The van der Waals surface area contributed by atoms with E-state index in [0.29, 0.717) is 10.8 Å². The quantitative estimate of drug-likeness (QED) is 0.801. The number of hydrogen-bond donors (Lipinski definition) is 2. The molecule has 0 fully saturated rings. The number of nitrogens with zero attached hydrogens (tertiary/aromatic N) is 1. The lowest BCUT2D eigenvalue weighted by Crippen LogP contribution is -2.54. The van der Waals surface area contributed by atoms with Gasteiger partial charge in [0.2, 0.25) is 5.91 Å². The van der Waals surface area contributed by atoms with Gasteiger partial charge in [-0.3, -0.25) is 4.79 Å². The summed E-state index contributed by atoms with van der Waals surface area (Å²) in [5, 5.41) is 13.6. The van der Waals surface area contributed by atoms with Gasteiger partial charge in [-0.2, -0.15) is 0 Å². The molecule has 1 atom stereocenters. The SMILES string of the molecule is CN(C)C(=O)C(C)(C)NCC(O)COc1ccc(Cl)cc1. The fraction of sp³-hybridized carbons (Fsp3) is 0.533. The summed E-state index contributed by atoms with van der Waals surface area (Å²) in [5.41, 5.74) is -0.731. The van der Waals surface area contributed by atoms with E-state index in [0.717, 1.165) is 0 Å². The molecule has 2 N–H and O–H groups in total. The Hall–Kier alpha value is -1.30. The number of carbonyl (C=O) groups is 1. The Morgan fingerprint density at radius 3 is 2.48 bits per heavy atom. The molecule has 0 saturated carbocycles. The van der Waals surface area contributed by atoms with E-state index in [-0.39, 0.29) is 19.1 Å². The maximum atomic E-state index is 11.9. The van der Waals surface area contributed by atoms with Gasteiger partial charge in [0.1, 0.15) is 18.5 Å². The van der Waals surface area contributed by atoms with Gasteiger partial charge in [0.15, 0.2) is 0 Å². The Bertz CT molecular complexity index is 460. The van der Waals surface area contributed by atoms with Crippen molar-refractivity contribution in [1.82, 2.24) is 10.2 Å². The Kier molecular flexibility index (Phi) is 6.45. The smallest absolute Gasteiger partial charge is 0.241 e. The van der Waals surface area contributed by atoms with Crippen LogP contribution >= 0.6 is 11.6 Å². The Morgan fingerprint density at radius 2 is 1.95 bits per heavy atom. The van der Waals surface area contributed by atoms with Crippen molar-refractivity contribution < 1.29 is 14.6 Å². The highest BCUT2D eigenvalue weighted by atomic mass is 35.5. The van der Waals surface area contributed by atoms with Crippen LogP contribution in [0.4, 0.5) is 0 Å². The molecular weight excluding hydrogens is 292 g/mol. The molecule has 0 radical (unpaired) electrons. The lowest BCUT2D eigenvalue weighted by Gasteiger charge is -2.29. The average Bonchev–Trinajstić information content (AvgIpc) is 2.43. The Balaban J connectivity index is 2.38. The molecule has 1 rings (SSSR count). The van der Waals surface area contributed by atoms with E-state index in [1.807, 2.05) is 0 Å². The number of benzene rings is 1. The van der Waals surface area contributed by atoms with E-state index in [1.165, 1.54) is 4.90 Å². The van der Waals surface area contributed by atoms with E-state index in [9.17, 15) is 9.90 Å². The van der Waals surface area contributed by atoms with Crippen molar-refractivity contribution in [2.24, 2.45) is 0 Å².